The molecule has 0 saturated carbocycles. The molecule has 0 aliphatic carbocycles. The third-order valence-electron chi connectivity index (χ3n) is 4.68. The number of benzene rings is 1. The summed E-state index contributed by atoms with van der Waals surface area (Å²) < 4.78 is 0. The van der Waals surface area contributed by atoms with E-state index in [-0.39, 0.29) is 5.91 Å². The number of aryl methyl sites for hydroxylation is 1. The summed E-state index contributed by atoms with van der Waals surface area (Å²) >= 11 is 1.49. The van der Waals surface area contributed by atoms with Gasteiger partial charge in [-0.25, -0.2) is 4.98 Å². The first-order valence-electron chi connectivity index (χ1n) is 7.77. The van der Waals surface area contributed by atoms with Crippen LogP contribution in [0.2, 0.25) is 0 Å². The fraction of sp³-hybridized carbons (Fsp3) is 0.412. The molecule has 4 nitrogen and oxygen atoms in total. The molecule has 2 fully saturated rings. The van der Waals surface area contributed by atoms with Gasteiger partial charge in [0.15, 0.2) is 5.01 Å². The lowest BCUT2D eigenvalue weighted by Crippen LogP contribution is -2.43. The number of hydrogen-bond donors (Lipinski definition) is 1. The molecule has 114 valence electrons. The highest BCUT2D eigenvalue weighted by Crippen LogP contribution is 2.31. The van der Waals surface area contributed by atoms with Gasteiger partial charge in [-0.15, -0.1) is 11.3 Å². The predicted molar refractivity (Wildman–Crippen MR) is 88.1 cm³/mol. The second kappa shape index (κ2) is 5.48. The summed E-state index contributed by atoms with van der Waals surface area (Å²) in [4.78, 5) is 20.5. The number of carbonyl (C=O) groups excluding carboxylic acids is 1. The number of nitrogens with one attached hydrogen (secondary N) is 1. The van der Waals surface area contributed by atoms with Crippen molar-refractivity contribution in [2.75, 3.05) is 19.6 Å². The average molecular weight is 313 g/mol. The smallest absolute Gasteiger partial charge is 0.280 e. The van der Waals surface area contributed by atoms with E-state index in [0.717, 1.165) is 29.2 Å². The van der Waals surface area contributed by atoms with E-state index in [2.05, 4.69) is 27.3 Å². The van der Waals surface area contributed by atoms with Crippen molar-refractivity contribution in [3.8, 4) is 10.4 Å². The van der Waals surface area contributed by atoms with Crippen LogP contribution in [0.25, 0.3) is 10.4 Å². The SMILES string of the molecule is Cc1nc(C(=O)N[C@H]2CN3CC[C@@H]2C3)sc1-c1ccccc1. The standard InChI is InChI=1S/C17H19N3OS/c1-11-15(12-5-3-2-4-6-12)22-17(18-11)16(21)19-14-10-20-8-7-13(14)9-20/h2-6,13-14H,7-10H2,1H3,(H,19,21)/t13-,14+/m1/s1. The molecule has 3 heterocycles. The Hall–Kier alpha value is -1.72. The Morgan fingerprint density at radius 2 is 2.14 bits per heavy atom. The molecule has 4 rings (SSSR count). The van der Waals surface area contributed by atoms with Crippen molar-refractivity contribution in [1.29, 1.82) is 0 Å². The molecule has 1 amide bonds. The summed E-state index contributed by atoms with van der Waals surface area (Å²) in [6.45, 7) is 5.29. The minimum absolute atomic E-state index is 0.0194. The van der Waals surface area contributed by atoms with E-state index < -0.39 is 0 Å². The highest BCUT2D eigenvalue weighted by Gasteiger charge is 2.39. The van der Waals surface area contributed by atoms with Crippen LogP contribution in [-0.2, 0) is 0 Å². The van der Waals surface area contributed by atoms with Crippen LogP contribution >= 0.6 is 11.3 Å². The van der Waals surface area contributed by atoms with Gasteiger partial charge in [-0.1, -0.05) is 30.3 Å². The topological polar surface area (TPSA) is 45.2 Å². The number of fused-ring (bicyclic) bond motifs is 2. The Morgan fingerprint density at radius 3 is 2.82 bits per heavy atom. The largest absolute Gasteiger partial charge is 0.346 e. The lowest BCUT2D eigenvalue weighted by atomic mass is 10.0. The Bertz CT molecular complexity index is 697. The van der Waals surface area contributed by atoms with Gasteiger partial charge < -0.3 is 10.2 Å². The van der Waals surface area contributed by atoms with E-state index in [1.54, 1.807) is 0 Å². The minimum Gasteiger partial charge on any atom is -0.346 e. The van der Waals surface area contributed by atoms with Crippen LogP contribution < -0.4 is 5.32 Å². The van der Waals surface area contributed by atoms with Crippen molar-refractivity contribution in [3.63, 3.8) is 0 Å². The predicted octanol–water partition coefficient (Wildman–Crippen LogP) is 2.55. The third kappa shape index (κ3) is 2.44. The number of nitrogens with zero attached hydrogens (tertiary/aromatic N) is 2. The van der Waals surface area contributed by atoms with Crippen molar-refractivity contribution < 1.29 is 4.79 Å². The first-order chi connectivity index (χ1) is 10.7. The Labute approximate surface area is 134 Å². The molecule has 0 spiro atoms. The lowest BCUT2D eigenvalue weighted by Gasteiger charge is -2.22. The summed E-state index contributed by atoms with van der Waals surface area (Å²) in [6, 6.07) is 10.4. The van der Waals surface area contributed by atoms with Crippen LogP contribution in [0.15, 0.2) is 30.3 Å². The molecule has 5 heteroatoms. The van der Waals surface area contributed by atoms with Crippen molar-refractivity contribution in [2.24, 2.45) is 5.92 Å². The fourth-order valence-electron chi connectivity index (χ4n) is 3.53. The van der Waals surface area contributed by atoms with Gasteiger partial charge in [0, 0.05) is 19.1 Å². The van der Waals surface area contributed by atoms with Gasteiger partial charge in [0.05, 0.1) is 10.6 Å². The maximum absolute atomic E-state index is 12.5. The summed E-state index contributed by atoms with van der Waals surface area (Å²) in [7, 11) is 0. The van der Waals surface area contributed by atoms with Crippen LogP contribution in [0.1, 0.15) is 21.9 Å². The molecule has 0 radical (unpaired) electrons. The third-order valence-corrected chi connectivity index (χ3v) is 5.88. The molecular formula is C17H19N3OS. The number of thiazole rings is 1. The number of amides is 1. The molecule has 2 aliphatic heterocycles. The quantitative estimate of drug-likeness (QED) is 0.947. The van der Waals surface area contributed by atoms with Gasteiger partial charge in [-0.3, -0.25) is 4.79 Å². The fourth-order valence-corrected chi connectivity index (χ4v) is 4.50. The second-order valence-corrected chi connectivity index (χ2v) is 7.19. The van der Waals surface area contributed by atoms with Gasteiger partial charge in [0.25, 0.3) is 5.91 Å². The van der Waals surface area contributed by atoms with E-state index in [4.69, 9.17) is 0 Å². The van der Waals surface area contributed by atoms with Crippen LogP contribution in [0.4, 0.5) is 0 Å². The number of rotatable bonds is 3. The summed E-state index contributed by atoms with van der Waals surface area (Å²) in [6.07, 6.45) is 1.21. The number of hydrogen-bond acceptors (Lipinski definition) is 4. The molecular weight excluding hydrogens is 294 g/mol. The molecule has 2 aliphatic rings. The van der Waals surface area contributed by atoms with Gasteiger partial charge in [-0.05, 0) is 31.4 Å². The van der Waals surface area contributed by atoms with Gasteiger partial charge in [0.1, 0.15) is 0 Å². The Morgan fingerprint density at radius 1 is 1.32 bits per heavy atom. The van der Waals surface area contributed by atoms with Gasteiger partial charge >= 0.3 is 0 Å². The van der Waals surface area contributed by atoms with Crippen LogP contribution in [0, 0.1) is 12.8 Å². The van der Waals surface area contributed by atoms with Gasteiger partial charge in [0.2, 0.25) is 0 Å². The van der Waals surface area contributed by atoms with Crippen molar-refractivity contribution >= 4 is 17.2 Å². The van der Waals surface area contributed by atoms with E-state index in [9.17, 15) is 4.79 Å². The molecule has 2 aromatic rings. The highest BCUT2D eigenvalue weighted by molar-refractivity contribution is 7.17. The van der Waals surface area contributed by atoms with E-state index in [1.165, 1.54) is 24.3 Å². The summed E-state index contributed by atoms with van der Waals surface area (Å²) in [5.74, 6) is 0.604. The number of piperidine rings is 1. The lowest BCUT2D eigenvalue weighted by molar-refractivity contribution is 0.0924. The molecule has 1 aromatic carbocycles. The van der Waals surface area contributed by atoms with Gasteiger partial charge in [-0.2, -0.15) is 0 Å². The van der Waals surface area contributed by atoms with Crippen molar-refractivity contribution in [1.82, 2.24) is 15.2 Å². The molecule has 2 saturated heterocycles. The first kappa shape index (κ1) is 13.9. The van der Waals surface area contributed by atoms with E-state index in [1.807, 2.05) is 25.1 Å². The van der Waals surface area contributed by atoms with E-state index in [0.29, 0.717) is 17.0 Å². The molecule has 22 heavy (non-hydrogen) atoms. The Kier molecular flexibility index (Phi) is 3.47. The maximum Gasteiger partial charge on any atom is 0.280 e. The maximum atomic E-state index is 12.5. The zero-order chi connectivity index (χ0) is 15.1. The van der Waals surface area contributed by atoms with Crippen LogP contribution in [0.3, 0.4) is 0 Å². The van der Waals surface area contributed by atoms with E-state index >= 15 is 0 Å². The zero-order valence-electron chi connectivity index (χ0n) is 12.6. The first-order valence-corrected chi connectivity index (χ1v) is 8.58. The van der Waals surface area contributed by atoms with Crippen molar-refractivity contribution in [3.05, 3.63) is 41.0 Å². The minimum atomic E-state index is -0.0194. The Balaban J connectivity index is 1.52. The zero-order valence-corrected chi connectivity index (χ0v) is 13.4. The number of aromatic nitrogens is 1. The summed E-state index contributed by atoms with van der Waals surface area (Å²) in [5, 5.41) is 3.76. The molecule has 3 atom stereocenters. The molecule has 1 N–H and O–H groups in total. The number of carbonyl (C=O) groups is 1. The van der Waals surface area contributed by atoms with Crippen LogP contribution in [-0.4, -0.2) is 41.5 Å². The monoisotopic (exact) mass is 313 g/mol. The molecule has 2 bridgehead atoms. The normalized spacial score (nSPS) is 26.3. The molecule has 1 unspecified atom stereocenters. The van der Waals surface area contributed by atoms with Crippen LogP contribution in [0.5, 0.6) is 0 Å². The second-order valence-electron chi connectivity index (χ2n) is 6.19. The molecule has 1 aromatic heterocycles. The average Bonchev–Trinajstić information content (AvgIpc) is 3.23. The highest BCUT2D eigenvalue weighted by atomic mass is 32.1. The summed E-state index contributed by atoms with van der Waals surface area (Å²) in [5.41, 5.74) is 2.06. The van der Waals surface area contributed by atoms with Crippen molar-refractivity contribution in [2.45, 2.75) is 19.4 Å².